The summed E-state index contributed by atoms with van der Waals surface area (Å²) in [5, 5.41) is 4.65. The summed E-state index contributed by atoms with van der Waals surface area (Å²) < 4.78 is 29.3. The van der Waals surface area contributed by atoms with Crippen molar-refractivity contribution in [1.29, 1.82) is 0 Å². The Bertz CT molecular complexity index is 1260. The number of nitrogens with one attached hydrogen (secondary N) is 2. The van der Waals surface area contributed by atoms with E-state index in [-0.39, 0.29) is 0 Å². The van der Waals surface area contributed by atoms with Crippen molar-refractivity contribution in [1.82, 2.24) is 24.8 Å². The van der Waals surface area contributed by atoms with Crippen LogP contribution in [0.15, 0.2) is 55.0 Å². The van der Waals surface area contributed by atoms with Crippen LogP contribution < -0.4 is 5.32 Å². The van der Waals surface area contributed by atoms with Crippen LogP contribution in [0, 0.1) is 18.6 Å². The molecule has 1 saturated heterocycles. The van der Waals surface area contributed by atoms with Crippen LogP contribution in [0.4, 0.5) is 8.78 Å². The largest absolute Gasteiger partial charge is 0.361 e. The van der Waals surface area contributed by atoms with Gasteiger partial charge in [-0.05, 0) is 74.1 Å². The first kappa shape index (κ1) is 22.7. The minimum atomic E-state index is -0.785. The van der Waals surface area contributed by atoms with Gasteiger partial charge in [-0.25, -0.2) is 13.8 Å². The van der Waals surface area contributed by atoms with E-state index in [0.29, 0.717) is 6.04 Å². The Morgan fingerprint density at radius 2 is 1.91 bits per heavy atom. The first-order valence-electron chi connectivity index (χ1n) is 12.1. The van der Waals surface area contributed by atoms with Crippen LogP contribution in [0.25, 0.3) is 16.6 Å². The molecule has 0 saturated carbocycles. The molecule has 0 bridgehead atoms. The van der Waals surface area contributed by atoms with Gasteiger partial charge in [-0.3, -0.25) is 4.90 Å². The number of piperazine rings is 1. The van der Waals surface area contributed by atoms with Gasteiger partial charge in [-0.2, -0.15) is 0 Å². The summed E-state index contributed by atoms with van der Waals surface area (Å²) in [5.41, 5.74) is 4.41. The standard InChI is InChI=1S/C27H31F2N5/c1-19-31-11-14-34(19)23-6-8-27-24(17-23)21(18-32-27)3-2-4-22(33-12-9-30-10-13-33)15-20-5-7-25(28)26(29)16-20/h5-8,11,14,16-18,22,30,32H,2-4,9-10,12-13,15H2,1H3. The lowest BCUT2D eigenvalue weighted by atomic mass is 9.97. The van der Waals surface area contributed by atoms with Gasteiger partial charge in [0.15, 0.2) is 11.6 Å². The molecular weight excluding hydrogens is 432 g/mol. The highest BCUT2D eigenvalue weighted by molar-refractivity contribution is 5.85. The molecule has 2 aromatic carbocycles. The first-order chi connectivity index (χ1) is 16.6. The van der Waals surface area contributed by atoms with Gasteiger partial charge in [0, 0.05) is 67.4 Å². The lowest BCUT2D eigenvalue weighted by Gasteiger charge is -2.35. The van der Waals surface area contributed by atoms with Crippen molar-refractivity contribution < 1.29 is 8.78 Å². The van der Waals surface area contributed by atoms with Crippen molar-refractivity contribution in [3.63, 3.8) is 0 Å². The van der Waals surface area contributed by atoms with E-state index < -0.39 is 11.6 Å². The maximum absolute atomic E-state index is 13.8. The van der Waals surface area contributed by atoms with E-state index in [4.69, 9.17) is 0 Å². The second kappa shape index (κ2) is 10.1. The zero-order valence-electron chi connectivity index (χ0n) is 19.5. The number of aromatic amines is 1. The lowest BCUT2D eigenvalue weighted by molar-refractivity contribution is 0.161. The number of rotatable bonds is 8. The van der Waals surface area contributed by atoms with Crippen molar-refractivity contribution in [2.45, 2.75) is 38.6 Å². The molecule has 2 N–H and O–H groups in total. The predicted molar refractivity (Wildman–Crippen MR) is 131 cm³/mol. The van der Waals surface area contributed by atoms with Gasteiger partial charge in [0.2, 0.25) is 0 Å². The Morgan fingerprint density at radius 1 is 1.06 bits per heavy atom. The zero-order valence-corrected chi connectivity index (χ0v) is 19.5. The molecule has 5 nitrogen and oxygen atoms in total. The molecule has 0 amide bonds. The van der Waals surface area contributed by atoms with Crippen molar-refractivity contribution in [3.05, 3.63) is 83.6 Å². The monoisotopic (exact) mass is 463 g/mol. The molecule has 0 aliphatic carbocycles. The molecule has 178 valence electrons. The van der Waals surface area contributed by atoms with Crippen LogP contribution in [-0.2, 0) is 12.8 Å². The normalized spacial score (nSPS) is 15.7. The Balaban J connectivity index is 1.30. The van der Waals surface area contributed by atoms with Crippen molar-refractivity contribution in [2.75, 3.05) is 26.2 Å². The second-order valence-corrected chi connectivity index (χ2v) is 9.17. The minimum absolute atomic E-state index is 0.307. The van der Waals surface area contributed by atoms with E-state index in [1.807, 2.05) is 19.3 Å². The molecule has 1 aliphatic rings. The van der Waals surface area contributed by atoms with Crippen molar-refractivity contribution in [3.8, 4) is 5.69 Å². The molecule has 5 rings (SSSR count). The Hall–Kier alpha value is -3.03. The number of aryl methyl sites for hydroxylation is 2. The quantitative estimate of drug-likeness (QED) is 0.395. The van der Waals surface area contributed by atoms with Gasteiger partial charge in [0.1, 0.15) is 5.82 Å². The summed E-state index contributed by atoms with van der Waals surface area (Å²) in [4.78, 5) is 10.2. The third-order valence-electron chi connectivity index (χ3n) is 6.96. The average molecular weight is 464 g/mol. The smallest absolute Gasteiger partial charge is 0.159 e. The molecule has 4 aromatic rings. The Kier molecular flexibility index (Phi) is 6.74. The SMILES string of the molecule is Cc1nccn1-c1ccc2[nH]cc(CCCC(Cc3ccc(F)c(F)c3)N3CCNCC3)c2c1. The van der Waals surface area contributed by atoms with Crippen LogP contribution in [0.3, 0.4) is 0 Å². The van der Waals surface area contributed by atoms with E-state index in [1.54, 1.807) is 6.07 Å². The Labute approximate surface area is 198 Å². The topological polar surface area (TPSA) is 48.9 Å². The van der Waals surface area contributed by atoms with E-state index in [9.17, 15) is 8.78 Å². The fourth-order valence-corrected chi connectivity index (χ4v) is 5.10. The van der Waals surface area contributed by atoms with E-state index >= 15 is 0 Å². The van der Waals surface area contributed by atoms with Crippen LogP contribution in [0.1, 0.15) is 29.8 Å². The number of aromatic nitrogens is 3. The number of hydrogen-bond donors (Lipinski definition) is 2. The molecule has 0 radical (unpaired) electrons. The predicted octanol–water partition coefficient (Wildman–Crippen LogP) is 4.78. The molecule has 1 aliphatic heterocycles. The van der Waals surface area contributed by atoms with Gasteiger partial charge in [0.05, 0.1) is 0 Å². The average Bonchev–Trinajstić information content (AvgIpc) is 3.47. The molecule has 7 heteroatoms. The first-order valence-corrected chi connectivity index (χ1v) is 12.1. The molecule has 1 unspecified atom stereocenters. The summed E-state index contributed by atoms with van der Waals surface area (Å²) in [6.07, 6.45) is 9.65. The third kappa shape index (κ3) is 4.91. The zero-order chi connectivity index (χ0) is 23.5. The summed E-state index contributed by atoms with van der Waals surface area (Å²) in [6, 6.07) is 11.1. The van der Waals surface area contributed by atoms with Crippen LogP contribution in [-0.4, -0.2) is 51.7 Å². The molecule has 1 atom stereocenters. The molecule has 34 heavy (non-hydrogen) atoms. The summed E-state index contributed by atoms with van der Waals surface area (Å²) in [6.45, 7) is 5.90. The third-order valence-corrected chi connectivity index (χ3v) is 6.96. The maximum Gasteiger partial charge on any atom is 0.159 e. The highest BCUT2D eigenvalue weighted by atomic mass is 19.2. The number of benzene rings is 2. The van der Waals surface area contributed by atoms with Crippen molar-refractivity contribution in [2.24, 2.45) is 0 Å². The van der Waals surface area contributed by atoms with Crippen LogP contribution >= 0.6 is 0 Å². The fourth-order valence-electron chi connectivity index (χ4n) is 5.10. The van der Waals surface area contributed by atoms with E-state index in [1.165, 1.54) is 23.1 Å². The second-order valence-electron chi connectivity index (χ2n) is 9.17. The number of imidazole rings is 1. The van der Waals surface area contributed by atoms with Gasteiger partial charge in [0.25, 0.3) is 0 Å². The van der Waals surface area contributed by atoms with Gasteiger partial charge in [-0.15, -0.1) is 0 Å². The van der Waals surface area contributed by atoms with E-state index in [2.05, 4.69) is 49.1 Å². The number of fused-ring (bicyclic) bond motifs is 1. The number of hydrogen-bond acceptors (Lipinski definition) is 3. The highest BCUT2D eigenvalue weighted by Crippen LogP contribution is 2.25. The Morgan fingerprint density at radius 3 is 2.68 bits per heavy atom. The number of halogens is 2. The van der Waals surface area contributed by atoms with Gasteiger partial charge in [-0.1, -0.05) is 6.07 Å². The minimum Gasteiger partial charge on any atom is -0.361 e. The molecule has 0 spiro atoms. The molecule has 1 fully saturated rings. The summed E-state index contributed by atoms with van der Waals surface area (Å²) >= 11 is 0. The highest BCUT2D eigenvalue weighted by Gasteiger charge is 2.21. The van der Waals surface area contributed by atoms with Gasteiger partial charge < -0.3 is 14.9 Å². The van der Waals surface area contributed by atoms with E-state index in [0.717, 1.165) is 74.5 Å². The van der Waals surface area contributed by atoms with Crippen LogP contribution in [0.5, 0.6) is 0 Å². The molecular formula is C27H31F2N5. The van der Waals surface area contributed by atoms with Gasteiger partial charge >= 0.3 is 0 Å². The molecule has 2 aromatic heterocycles. The lowest BCUT2D eigenvalue weighted by Crippen LogP contribution is -2.49. The van der Waals surface area contributed by atoms with Crippen LogP contribution in [0.2, 0.25) is 0 Å². The number of nitrogens with zero attached hydrogens (tertiary/aromatic N) is 3. The number of H-pyrrole nitrogens is 1. The summed E-state index contributed by atoms with van der Waals surface area (Å²) in [7, 11) is 0. The van der Waals surface area contributed by atoms with Crippen molar-refractivity contribution >= 4 is 10.9 Å². The fraction of sp³-hybridized carbons (Fsp3) is 0.370. The summed E-state index contributed by atoms with van der Waals surface area (Å²) in [5.74, 6) is -0.584. The molecule has 3 heterocycles. The maximum atomic E-state index is 13.8.